The molecule has 1 aliphatic heterocycles. The zero-order valence-corrected chi connectivity index (χ0v) is 12.0. The molecule has 0 radical (unpaired) electrons. The Kier molecular flexibility index (Phi) is 3.90. The van der Waals surface area contributed by atoms with Crippen molar-refractivity contribution in [2.24, 2.45) is 0 Å². The minimum absolute atomic E-state index is 0.0322. The molecule has 0 aromatic heterocycles. The molecule has 5 heteroatoms. The largest absolute Gasteiger partial charge is 0.321 e. The highest BCUT2D eigenvalue weighted by Gasteiger charge is 2.25. The molecule has 2 aromatic carbocycles. The molecule has 3 rings (SSSR count). The van der Waals surface area contributed by atoms with E-state index in [0.29, 0.717) is 13.0 Å². The first kappa shape index (κ1) is 14.0. The monoisotopic (exact) mass is 304 g/mol. The molecule has 1 atom stereocenters. The van der Waals surface area contributed by atoms with Crippen LogP contribution in [-0.4, -0.2) is 11.9 Å². The Bertz CT molecular complexity index is 669. The van der Waals surface area contributed by atoms with Crippen LogP contribution in [0, 0.1) is 5.82 Å². The molecular weight excluding hydrogens is 291 g/mol. The first-order valence-electron chi connectivity index (χ1n) is 6.70. The van der Waals surface area contributed by atoms with E-state index in [0.717, 1.165) is 5.56 Å². The van der Waals surface area contributed by atoms with Gasteiger partial charge in [-0.25, -0.2) is 4.39 Å². The Hall–Kier alpha value is -1.91. The predicted octanol–water partition coefficient (Wildman–Crippen LogP) is 3.13. The van der Waals surface area contributed by atoms with E-state index in [1.54, 1.807) is 6.07 Å². The fourth-order valence-corrected chi connectivity index (χ4v) is 2.68. The maximum Gasteiger partial charge on any atom is 0.241 e. The van der Waals surface area contributed by atoms with Crippen LogP contribution in [-0.2, 0) is 17.8 Å². The van der Waals surface area contributed by atoms with Crippen LogP contribution in [0.1, 0.15) is 11.1 Å². The van der Waals surface area contributed by atoms with Crippen molar-refractivity contribution in [3.63, 3.8) is 0 Å². The molecule has 0 spiro atoms. The number of anilines is 1. The van der Waals surface area contributed by atoms with Gasteiger partial charge in [-0.2, -0.15) is 0 Å². The summed E-state index contributed by atoms with van der Waals surface area (Å²) in [6, 6.07) is 11.9. The van der Waals surface area contributed by atoms with E-state index in [9.17, 15) is 9.18 Å². The van der Waals surface area contributed by atoms with Gasteiger partial charge in [0.05, 0.1) is 16.8 Å². The standard InChI is InChI=1S/C16H14ClFN2O/c17-12-6-3-7-13(18)15(12)20-16(21)14-8-10-4-1-2-5-11(10)9-19-14/h1-7,14,19H,8-9H2,(H,20,21)/t14-/m1/s1. The van der Waals surface area contributed by atoms with Crippen molar-refractivity contribution in [1.29, 1.82) is 0 Å². The normalized spacial score (nSPS) is 17.1. The lowest BCUT2D eigenvalue weighted by molar-refractivity contribution is -0.118. The van der Waals surface area contributed by atoms with E-state index in [-0.39, 0.29) is 16.6 Å². The van der Waals surface area contributed by atoms with E-state index < -0.39 is 11.9 Å². The summed E-state index contributed by atoms with van der Waals surface area (Å²) in [6.07, 6.45) is 0.577. The average molecular weight is 305 g/mol. The predicted molar refractivity (Wildman–Crippen MR) is 80.8 cm³/mol. The van der Waals surface area contributed by atoms with E-state index in [2.05, 4.69) is 10.6 Å². The van der Waals surface area contributed by atoms with Gasteiger partial charge in [-0.15, -0.1) is 0 Å². The van der Waals surface area contributed by atoms with Crippen LogP contribution >= 0.6 is 11.6 Å². The van der Waals surface area contributed by atoms with Crippen molar-refractivity contribution in [2.75, 3.05) is 5.32 Å². The van der Waals surface area contributed by atoms with Gasteiger partial charge >= 0.3 is 0 Å². The Balaban J connectivity index is 1.76. The lowest BCUT2D eigenvalue weighted by Gasteiger charge is -2.25. The molecule has 1 amide bonds. The summed E-state index contributed by atoms with van der Waals surface area (Å²) >= 11 is 5.92. The second kappa shape index (κ2) is 5.84. The summed E-state index contributed by atoms with van der Waals surface area (Å²) in [7, 11) is 0. The van der Waals surface area contributed by atoms with Crippen molar-refractivity contribution in [2.45, 2.75) is 19.0 Å². The number of hydrogen-bond donors (Lipinski definition) is 2. The van der Waals surface area contributed by atoms with Gasteiger partial charge in [0.1, 0.15) is 5.82 Å². The second-order valence-corrected chi connectivity index (χ2v) is 5.40. The molecule has 0 bridgehead atoms. The number of carbonyl (C=O) groups is 1. The molecule has 0 saturated heterocycles. The van der Waals surface area contributed by atoms with Crippen LogP contribution in [0.25, 0.3) is 0 Å². The van der Waals surface area contributed by atoms with Gasteiger partial charge in [0.2, 0.25) is 5.91 Å². The van der Waals surface area contributed by atoms with Crippen molar-refractivity contribution in [3.05, 3.63) is 64.4 Å². The van der Waals surface area contributed by atoms with Crippen molar-refractivity contribution >= 4 is 23.2 Å². The van der Waals surface area contributed by atoms with Gasteiger partial charge in [0.25, 0.3) is 0 Å². The molecule has 0 unspecified atom stereocenters. The summed E-state index contributed by atoms with van der Waals surface area (Å²) in [6.45, 7) is 0.624. The van der Waals surface area contributed by atoms with Gasteiger partial charge in [-0.05, 0) is 29.7 Å². The minimum atomic E-state index is -0.535. The van der Waals surface area contributed by atoms with Crippen molar-refractivity contribution in [3.8, 4) is 0 Å². The molecule has 2 aromatic rings. The lowest BCUT2D eigenvalue weighted by Crippen LogP contribution is -2.44. The molecule has 21 heavy (non-hydrogen) atoms. The third-order valence-electron chi connectivity index (χ3n) is 3.61. The van der Waals surface area contributed by atoms with Crippen LogP contribution in [0.15, 0.2) is 42.5 Å². The van der Waals surface area contributed by atoms with Gasteiger partial charge in [0.15, 0.2) is 0 Å². The molecule has 2 N–H and O–H groups in total. The van der Waals surface area contributed by atoms with Gasteiger partial charge in [-0.3, -0.25) is 4.79 Å². The van der Waals surface area contributed by atoms with Crippen molar-refractivity contribution in [1.82, 2.24) is 5.32 Å². The summed E-state index contributed by atoms with van der Waals surface area (Å²) in [5.74, 6) is -0.816. The molecule has 0 saturated carbocycles. The van der Waals surface area contributed by atoms with Crippen LogP contribution in [0.2, 0.25) is 5.02 Å². The number of amides is 1. The number of benzene rings is 2. The van der Waals surface area contributed by atoms with Crippen LogP contribution in [0.5, 0.6) is 0 Å². The molecule has 0 fully saturated rings. The summed E-state index contributed by atoms with van der Waals surface area (Å²) in [5, 5.41) is 5.92. The maximum atomic E-state index is 13.7. The zero-order chi connectivity index (χ0) is 14.8. The van der Waals surface area contributed by atoms with E-state index in [4.69, 9.17) is 11.6 Å². The van der Waals surface area contributed by atoms with E-state index in [1.807, 2.05) is 24.3 Å². The number of carbonyl (C=O) groups excluding carboxylic acids is 1. The third kappa shape index (κ3) is 2.91. The smallest absolute Gasteiger partial charge is 0.241 e. The molecule has 1 aliphatic rings. The van der Waals surface area contributed by atoms with Crippen LogP contribution < -0.4 is 10.6 Å². The second-order valence-electron chi connectivity index (χ2n) is 4.99. The van der Waals surface area contributed by atoms with Gasteiger partial charge < -0.3 is 10.6 Å². The highest BCUT2D eigenvalue weighted by molar-refractivity contribution is 6.33. The number of nitrogens with one attached hydrogen (secondary N) is 2. The zero-order valence-electron chi connectivity index (χ0n) is 11.2. The fourth-order valence-electron chi connectivity index (χ4n) is 2.47. The van der Waals surface area contributed by atoms with Crippen LogP contribution in [0.4, 0.5) is 10.1 Å². The first-order chi connectivity index (χ1) is 10.1. The average Bonchev–Trinajstić information content (AvgIpc) is 2.50. The van der Waals surface area contributed by atoms with Gasteiger partial charge in [0, 0.05) is 6.54 Å². The molecular formula is C16H14ClFN2O. The molecule has 0 aliphatic carbocycles. The van der Waals surface area contributed by atoms with Crippen LogP contribution in [0.3, 0.4) is 0 Å². The molecule has 108 valence electrons. The number of fused-ring (bicyclic) bond motifs is 1. The Morgan fingerprint density at radius 3 is 2.71 bits per heavy atom. The minimum Gasteiger partial charge on any atom is -0.321 e. The SMILES string of the molecule is O=C(Nc1c(F)cccc1Cl)[C@H]1Cc2ccccc2CN1. The number of hydrogen-bond acceptors (Lipinski definition) is 2. The number of rotatable bonds is 2. The Labute approximate surface area is 127 Å². The highest BCUT2D eigenvalue weighted by Crippen LogP contribution is 2.25. The van der Waals surface area contributed by atoms with E-state index in [1.165, 1.54) is 17.7 Å². The van der Waals surface area contributed by atoms with Gasteiger partial charge in [-0.1, -0.05) is 41.9 Å². The van der Waals surface area contributed by atoms with Crippen molar-refractivity contribution < 1.29 is 9.18 Å². The lowest BCUT2D eigenvalue weighted by atomic mass is 9.95. The first-order valence-corrected chi connectivity index (χ1v) is 7.08. The summed E-state index contributed by atoms with van der Waals surface area (Å²) < 4.78 is 13.7. The molecule has 1 heterocycles. The third-order valence-corrected chi connectivity index (χ3v) is 3.92. The van der Waals surface area contributed by atoms with E-state index >= 15 is 0 Å². The Morgan fingerprint density at radius 1 is 1.19 bits per heavy atom. The summed E-state index contributed by atoms with van der Waals surface area (Å²) in [4.78, 5) is 12.3. The summed E-state index contributed by atoms with van der Waals surface area (Å²) in [5.41, 5.74) is 2.35. The molecule has 3 nitrogen and oxygen atoms in total. The number of halogens is 2. The topological polar surface area (TPSA) is 41.1 Å². The maximum absolute atomic E-state index is 13.7. The fraction of sp³-hybridized carbons (Fsp3) is 0.188. The highest BCUT2D eigenvalue weighted by atomic mass is 35.5. The number of para-hydroxylation sites is 1. The quantitative estimate of drug-likeness (QED) is 0.895. The Morgan fingerprint density at radius 2 is 1.95 bits per heavy atom.